The van der Waals surface area contributed by atoms with Gasteiger partial charge < -0.3 is 4.90 Å². The molecule has 0 aromatic carbocycles. The zero-order chi connectivity index (χ0) is 11.8. The summed E-state index contributed by atoms with van der Waals surface area (Å²) in [6, 6.07) is 0. The summed E-state index contributed by atoms with van der Waals surface area (Å²) < 4.78 is 24.7. The summed E-state index contributed by atoms with van der Waals surface area (Å²) in [5.41, 5.74) is 0. The molecular formula is C10H18N2O3S. The minimum atomic E-state index is -3.08. The van der Waals surface area contributed by atoms with Gasteiger partial charge in [-0.2, -0.15) is 4.31 Å². The van der Waals surface area contributed by atoms with E-state index < -0.39 is 10.0 Å². The Morgan fingerprint density at radius 3 is 2.19 bits per heavy atom. The minimum Gasteiger partial charge on any atom is -0.340 e. The van der Waals surface area contributed by atoms with Crippen LogP contribution in [0, 0.1) is 5.92 Å². The van der Waals surface area contributed by atoms with E-state index in [-0.39, 0.29) is 17.6 Å². The summed E-state index contributed by atoms with van der Waals surface area (Å²) in [6.45, 7) is 3.66. The molecule has 0 atom stereocenters. The standard InChI is InChI=1S/C10H18N2O3S/c1-2-16(14,15)12-7-5-11(6-8-12)10(13)9-3-4-9/h9H,2-8H2,1H3. The predicted molar refractivity (Wildman–Crippen MR) is 60.3 cm³/mol. The molecule has 0 radical (unpaired) electrons. The topological polar surface area (TPSA) is 57.7 Å². The lowest BCUT2D eigenvalue weighted by molar-refractivity contribution is -0.133. The Morgan fingerprint density at radius 2 is 1.75 bits per heavy atom. The molecular weight excluding hydrogens is 228 g/mol. The van der Waals surface area contributed by atoms with Gasteiger partial charge in [-0.3, -0.25) is 4.79 Å². The zero-order valence-corrected chi connectivity index (χ0v) is 10.4. The summed E-state index contributed by atoms with van der Waals surface area (Å²) in [5.74, 6) is 0.590. The predicted octanol–water partition coefficient (Wildman–Crippen LogP) is -0.110. The maximum Gasteiger partial charge on any atom is 0.225 e. The lowest BCUT2D eigenvalue weighted by Crippen LogP contribution is -2.51. The summed E-state index contributed by atoms with van der Waals surface area (Å²) in [4.78, 5) is 13.5. The quantitative estimate of drug-likeness (QED) is 0.698. The van der Waals surface area contributed by atoms with Gasteiger partial charge in [-0.05, 0) is 19.8 Å². The molecule has 2 fully saturated rings. The highest BCUT2D eigenvalue weighted by Gasteiger charge is 2.35. The fourth-order valence-electron chi connectivity index (χ4n) is 1.96. The van der Waals surface area contributed by atoms with E-state index in [0.717, 1.165) is 12.8 Å². The lowest BCUT2D eigenvalue weighted by atomic mass is 10.3. The SMILES string of the molecule is CCS(=O)(=O)N1CCN(C(=O)C2CC2)CC1. The lowest BCUT2D eigenvalue weighted by Gasteiger charge is -2.33. The molecule has 2 rings (SSSR count). The minimum absolute atomic E-state index is 0.142. The second-order valence-electron chi connectivity index (χ2n) is 4.40. The van der Waals surface area contributed by atoms with Crippen molar-refractivity contribution in [1.29, 1.82) is 0 Å². The third-order valence-corrected chi connectivity index (χ3v) is 5.12. The molecule has 1 aliphatic carbocycles. The second kappa shape index (κ2) is 4.33. The van der Waals surface area contributed by atoms with Gasteiger partial charge in [0.05, 0.1) is 5.75 Å². The van der Waals surface area contributed by atoms with Crippen molar-refractivity contribution in [3.05, 3.63) is 0 Å². The molecule has 0 unspecified atom stereocenters. The highest BCUT2D eigenvalue weighted by atomic mass is 32.2. The number of carbonyl (C=O) groups excluding carboxylic acids is 1. The van der Waals surface area contributed by atoms with Gasteiger partial charge in [-0.25, -0.2) is 8.42 Å². The second-order valence-corrected chi connectivity index (χ2v) is 6.66. The van der Waals surface area contributed by atoms with Crippen molar-refractivity contribution < 1.29 is 13.2 Å². The first-order valence-electron chi connectivity index (χ1n) is 5.81. The van der Waals surface area contributed by atoms with Crippen molar-refractivity contribution in [1.82, 2.24) is 9.21 Å². The fourth-order valence-corrected chi connectivity index (χ4v) is 3.04. The van der Waals surface area contributed by atoms with Gasteiger partial charge in [0.25, 0.3) is 0 Å². The van der Waals surface area contributed by atoms with Gasteiger partial charge in [-0.1, -0.05) is 0 Å². The highest BCUT2D eigenvalue weighted by molar-refractivity contribution is 7.89. The van der Waals surface area contributed by atoms with Crippen molar-refractivity contribution in [3.8, 4) is 0 Å². The van der Waals surface area contributed by atoms with Crippen LogP contribution < -0.4 is 0 Å². The van der Waals surface area contributed by atoms with Crippen LogP contribution in [0.15, 0.2) is 0 Å². The van der Waals surface area contributed by atoms with Crippen LogP contribution in [0.25, 0.3) is 0 Å². The first-order chi connectivity index (χ1) is 7.54. The molecule has 1 saturated heterocycles. The monoisotopic (exact) mass is 246 g/mol. The molecule has 1 saturated carbocycles. The normalized spacial score (nSPS) is 23.4. The van der Waals surface area contributed by atoms with Crippen molar-refractivity contribution in [3.63, 3.8) is 0 Å². The first kappa shape index (κ1) is 11.9. The van der Waals surface area contributed by atoms with Crippen LogP contribution in [0.3, 0.4) is 0 Å². The largest absolute Gasteiger partial charge is 0.340 e. The summed E-state index contributed by atoms with van der Waals surface area (Å²) >= 11 is 0. The number of amides is 1. The molecule has 92 valence electrons. The van der Waals surface area contributed by atoms with Crippen molar-refractivity contribution in [2.24, 2.45) is 5.92 Å². The van der Waals surface area contributed by atoms with Gasteiger partial charge in [-0.15, -0.1) is 0 Å². The van der Waals surface area contributed by atoms with E-state index in [9.17, 15) is 13.2 Å². The molecule has 2 aliphatic rings. The van der Waals surface area contributed by atoms with Gasteiger partial charge >= 0.3 is 0 Å². The van der Waals surface area contributed by atoms with Crippen LogP contribution in [0.4, 0.5) is 0 Å². The van der Waals surface area contributed by atoms with Crippen LogP contribution in [-0.2, 0) is 14.8 Å². The third-order valence-electron chi connectivity index (χ3n) is 3.24. The number of hydrogen-bond donors (Lipinski definition) is 0. The molecule has 0 spiro atoms. The van der Waals surface area contributed by atoms with Crippen LogP contribution in [0.1, 0.15) is 19.8 Å². The maximum absolute atomic E-state index is 11.7. The van der Waals surface area contributed by atoms with Gasteiger partial charge in [0.15, 0.2) is 0 Å². The third kappa shape index (κ3) is 2.38. The average Bonchev–Trinajstić information content (AvgIpc) is 3.12. The van der Waals surface area contributed by atoms with Gasteiger partial charge in [0, 0.05) is 32.1 Å². The fraction of sp³-hybridized carbons (Fsp3) is 0.900. The Bertz CT molecular complexity index is 368. The molecule has 6 heteroatoms. The Kier molecular flexibility index (Phi) is 3.21. The van der Waals surface area contributed by atoms with Gasteiger partial charge in [0.1, 0.15) is 0 Å². The highest BCUT2D eigenvalue weighted by Crippen LogP contribution is 2.31. The smallest absolute Gasteiger partial charge is 0.225 e. The van der Waals surface area contributed by atoms with Crippen molar-refractivity contribution >= 4 is 15.9 Å². The number of piperazine rings is 1. The number of rotatable bonds is 3. The Hall–Kier alpha value is -0.620. The van der Waals surface area contributed by atoms with Gasteiger partial charge in [0.2, 0.25) is 15.9 Å². The van der Waals surface area contributed by atoms with Crippen molar-refractivity contribution in [2.45, 2.75) is 19.8 Å². The molecule has 1 heterocycles. The van der Waals surface area contributed by atoms with Crippen LogP contribution in [0.5, 0.6) is 0 Å². The summed E-state index contributed by atoms with van der Waals surface area (Å²) in [7, 11) is -3.08. The molecule has 0 aromatic heterocycles. The molecule has 1 aliphatic heterocycles. The molecule has 1 amide bonds. The molecule has 0 bridgehead atoms. The van der Waals surface area contributed by atoms with E-state index in [4.69, 9.17) is 0 Å². The van der Waals surface area contributed by atoms with Crippen LogP contribution in [0.2, 0.25) is 0 Å². The summed E-state index contributed by atoms with van der Waals surface area (Å²) in [5, 5.41) is 0. The van der Waals surface area contributed by atoms with E-state index in [1.807, 2.05) is 0 Å². The number of sulfonamides is 1. The van der Waals surface area contributed by atoms with E-state index >= 15 is 0 Å². The summed E-state index contributed by atoms with van der Waals surface area (Å²) in [6.07, 6.45) is 2.01. The molecule has 0 N–H and O–H groups in total. The molecule has 0 aromatic rings. The number of nitrogens with zero attached hydrogens (tertiary/aromatic N) is 2. The Morgan fingerprint density at radius 1 is 1.19 bits per heavy atom. The van der Waals surface area contributed by atoms with Crippen molar-refractivity contribution in [2.75, 3.05) is 31.9 Å². The van der Waals surface area contributed by atoms with E-state index in [1.54, 1.807) is 11.8 Å². The molecule has 5 nitrogen and oxygen atoms in total. The average molecular weight is 246 g/mol. The first-order valence-corrected chi connectivity index (χ1v) is 7.42. The number of hydrogen-bond acceptors (Lipinski definition) is 3. The zero-order valence-electron chi connectivity index (χ0n) is 9.55. The van der Waals surface area contributed by atoms with E-state index in [1.165, 1.54) is 4.31 Å². The number of carbonyl (C=O) groups is 1. The molecule has 16 heavy (non-hydrogen) atoms. The van der Waals surface area contributed by atoms with Crippen LogP contribution >= 0.6 is 0 Å². The van der Waals surface area contributed by atoms with Crippen LogP contribution in [-0.4, -0.2) is 55.5 Å². The Labute approximate surface area is 96.5 Å². The van der Waals surface area contributed by atoms with E-state index in [0.29, 0.717) is 26.2 Å². The van der Waals surface area contributed by atoms with E-state index in [2.05, 4.69) is 0 Å². The maximum atomic E-state index is 11.7. The Balaban J connectivity index is 1.89.